The molecule has 0 radical (unpaired) electrons. The largest absolute Gasteiger partial charge is 0.299 e. The Hall–Kier alpha value is -1.24. The molecule has 1 rings (SSSR count). The van der Waals surface area contributed by atoms with E-state index < -0.39 is 5.54 Å². The normalized spacial score (nSPS) is 20.0. The lowest BCUT2D eigenvalue weighted by molar-refractivity contribution is 0.227. The molecule has 94 valence electrons. The lowest BCUT2D eigenvalue weighted by atomic mass is 9.76. The van der Waals surface area contributed by atoms with Crippen LogP contribution in [0.3, 0.4) is 0 Å². The Morgan fingerprint density at radius 3 is 2.76 bits per heavy atom. The highest BCUT2D eigenvalue weighted by atomic mass is 15.1. The minimum Gasteiger partial charge on any atom is -0.299 e. The predicted molar refractivity (Wildman–Crippen MR) is 67.2 cm³/mol. The number of rotatable bonds is 6. The lowest BCUT2D eigenvalue weighted by Gasteiger charge is -2.35. The molecule has 1 atom stereocenters. The van der Waals surface area contributed by atoms with E-state index in [9.17, 15) is 5.26 Å². The predicted octanol–water partition coefficient (Wildman–Crippen LogP) is 3.14. The zero-order valence-corrected chi connectivity index (χ0v) is 10.5. The van der Waals surface area contributed by atoms with E-state index in [1.807, 2.05) is 6.92 Å². The zero-order chi connectivity index (χ0) is 12.6. The molecule has 0 amide bonds. The molecule has 0 aliphatic heterocycles. The van der Waals surface area contributed by atoms with Gasteiger partial charge >= 0.3 is 0 Å². The van der Waals surface area contributed by atoms with Gasteiger partial charge in [0.1, 0.15) is 5.54 Å². The Morgan fingerprint density at radius 1 is 1.47 bits per heavy atom. The highest BCUT2D eigenvalue weighted by Gasteiger charge is 2.34. The molecule has 1 fully saturated rings. The first kappa shape index (κ1) is 13.8. The Morgan fingerprint density at radius 2 is 2.18 bits per heavy atom. The maximum Gasteiger partial charge on any atom is 0.106 e. The Balaban J connectivity index is 2.39. The highest BCUT2D eigenvalue weighted by molar-refractivity contribution is 5.08. The summed E-state index contributed by atoms with van der Waals surface area (Å²) in [7, 11) is 0. The Kier molecular flexibility index (Phi) is 5.82. The smallest absolute Gasteiger partial charge is 0.106 e. The van der Waals surface area contributed by atoms with Crippen molar-refractivity contribution in [3.63, 3.8) is 0 Å². The van der Waals surface area contributed by atoms with Crippen molar-refractivity contribution in [2.75, 3.05) is 13.1 Å². The summed E-state index contributed by atoms with van der Waals surface area (Å²) < 4.78 is 0. The van der Waals surface area contributed by atoms with Crippen molar-refractivity contribution in [3.8, 4) is 6.07 Å². The van der Waals surface area contributed by atoms with Crippen LogP contribution in [0.5, 0.6) is 0 Å². The van der Waals surface area contributed by atoms with E-state index in [1.54, 1.807) is 0 Å². The fourth-order valence-corrected chi connectivity index (χ4v) is 2.50. The third-order valence-corrected chi connectivity index (χ3v) is 3.64. The molecule has 5 nitrogen and oxygen atoms in total. The van der Waals surface area contributed by atoms with E-state index in [4.69, 9.17) is 5.53 Å². The maximum atomic E-state index is 9.35. The van der Waals surface area contributed by atoms with E-state index in [0.29, 0.717) is 12.5 Å². The SMILES string of the molecule is CC(C#N)(NCCCN=[N+]=[N-])C1CCCCC1. The molecule has 0 saturated heterocycles. The maximum absolute atomic E-state index is 9.35. The summed E-state index contributed by atoms with van der Waals surface area (Å²) >= 11 is 0. The average molecular weight is 235 g/mol. The van der Waals surface area contributed by atoms with Crippen molar-refractivity contribution in [3.05, 3.63) is 10.4 Å². The van der Waals surface area contributed by atoms with Crippen LogP contribution in [-0.4, -0.2) is 18.6 Å². The van der Waals surface area contributed by atoms with Crippen molar-refractivity contribution in [2.24, 2.45) is 11.0 Å². The molecule has 0 aromatic carbocycles. The molecule has 0 aromatic heterocycles. The van der Waals surface area contributed by atoms with Crippen LogP contribution in [0.1, 0.15) is 45.4 Å². The molecular weight excluding hydrogens is 214 g/mol. The fourth-order valence-electron chi connectivity index (χ4n) is 2.50. The standard InChI is InChI=1S/C12H21N5/c1-12(10-13,11-6-3-2-4-7-11)15-8-5-9-16-17-14/h11,15H,2-9H2,1H3. The summed E-state index contributed by atoms with van der Waals surface area (Å²) in [5.74, 6) is 0.459. The van der Waals surface area contributed by atoms with Crippen LogP contribution in [0, 0.1) is 17.2 Å². The molecule has 1 unspecified atom stereocenters. The molecule has 17 heavy (non-hydrogen) atoms. The molecule has 0 heterocycles. The van der Waals surface area contributed by atoms with Gasteiger partial charge < -0.3 is 0 Å². The van der Waals surface area contributed by atoms with Gasteiger partial charge in [-0.05, 0) is 44.2 Å². The van der Waals surface area contributed by atoms with Crippen LogP contribution in [-0.2, 0) is 0 Å². The molecule has 0 spiro atoms. The van der Waals surface area contributed by atoms with Crippen molar-refractivity contribution in [1.82, 2.24) is 5.32 Å². The van der Waals surface area contributed by atoms with Crippen LogP contribution in [0.15, 0.2) is 5.11 Å². The second-order valence-electron chi connectivity index (χ2n) is 4.88. The van der Waals surface area contributed by atoms with Gasteiger partial charge in [-0.25, -0.2) is 0 Å². The van der Waals surface area contributed by atoms with Gasteiger partial charge in [0, 0.05) is 11.5 Å². The van der Waals surface area contributed by atoms with Gasteiger partial charge in [0.2, 0.25) is 0 Å². The molecule has 1 saturated carbocycles. The summed E-state index contributed by atoms with van der Waals surface area (Å²) in [6, 6.07) is 2.42. The molecule has 0 aromatic rings. The van der Waals surface area contributed by atoms with E-state index in [1.165, 1.54) is 19.3 Å². The van der Waals surface area contributed by atoms with Crippen molar-refractivity contribution in [2.45, 2.75) is 51.0 Å². The quantitative estimate of drug-likeness (QED) is 0.332. The van der Waals surface area contributed by atoms with Gasteiger partial charge in [-0.1, -0.05) is 24.4 Å². The Labute approximate surface area is 103 Å². The van der Waals surface area contributed by atoms with Gasteiger partial charge in [-0.15, -0.1) is 0 Å². The van der Waals surface area contributed by atoms with Crippen molar-refractivity contribution < 1.29 is 0 Å². The first-order valence-electron chi connectivity index (χ1n) is 6.40. The number of nitrogens with zero attached hydrogens (tertiary/aromatic N) is 4. The number of nitriles is 1. The monoisotopic (exact) mass is 235 g/mol. The van der Waals surface area contributed by atoms with E-state index >= 15 is 0 Å². The minimum absolute atomic E-state index is 0.420. The molecule has 1 N–H and O–H groups in total. The van der Waals surface area contributed by atoms with E-state index in [2.05, 4.69) is 21.4 Å². The summed E-state index contributed by atoms with van der Waals surface area (Å²) in [4.78, 5) is 2.71. The summed E-state index contributed by atoms with van der Waals surface area (Å²) in [6.45, 7) is 3.23. The van der Waals surface area contributed by atoms with Crippen LogP contribution < -0.4 is 5.32 Å². The van der Waals surface area contributed by atoms with Crippen molar-refractivity contribution >= 4 is 0 Å². The van der Waals surface area contributed by atoms with Crippen LogP contribution >= 0.6 is 0 Å². The lowest BCUT2D eigenvalue weighted by Crippen LogP contribution is -2.48. The van der Waals surface area contributed by atoms with Gasteiger partial charge in [-0.2, -0.15) is 5.26 Å². The molecule has 0 bridgehead atoms. The number of hydrogen-bond acceptors (Lipinski definition) is 3. The number of azide groups is 1. The van der Waals surface area contributed by atoms with Crippen molar-refractivity contribution in [1.29, 1.82) is 5.26 Å². The van der Waals surface area contributed by atoms with Gasteiger partial charge in [0.25, 0.3) is 0 Å². The van der Waals surface area contributed by atoms with Crippen LogP contribution in [0.2, 0.25) is 0 Å². The summed E-state index contributed by atoms with van der Waals surface area (Å²) in [5.41, 5.74) is 7.74. The zero-order valence-electron chi connectivity index (χ0n) is 10.5. The molecule has 5 heteroatoms. The van der Waals surface area contributed by atoms with Gasteiger partial charge in [0.15, 0.2) is 0 Å². The Bertz CT molecular complexity index is 309. The highest BCUT2D eigenvalue weighted by Crippen LogP contribution is 2.32. The number of nitrogens with one attached hydrogen (secondary N) is 1. The second kappa shape index (κ2) is 7.16. The number of hydrogen-bond donors (Lipinski definition) is 1. The molecule has 1 aliphatic rings. The third kappa shape index (κ3) is 4.26. The van der Waals surface area contributed by atoms with Gasteiger partial charge in [0.05, 0.1) is 6.07 Å². The van der Waals surface area contributed by atoms with Crippen LogP contribution in [0.25, 0.3) is 10.4 Å². The summed E-state index contributed by atoms with van der Waals surface area (Å²) in [5, 5.41) is 16.2. The van der Waals surface area contributed by atoms with E-state index in [0.717, 1.165) is 25.8 Å². The first-order chi connectivity index (χ1) is 8.23. The minimum atomic E-state index is -0.420. The molecular formula is C12H21N5. The van der Waals surface area contributed by atoms with Crippen LogP contribution in [0.4, 0.5) is 0 Å². The second-order valence-corrected chi connectivity index (χ2v) is 4.88. The molecule has 1 aliphatic carbocycles. The van der Waals surface area contributed by atoms with E-state index in [-0.39, 0.29) is 0 Å². The average Bonchev–Trinajstić information content (AvgIpc) is 2.39. The van der Waals surface area contributed by atoms with Gasteiger partial charge in [-0.3, -0.25) is 5.32 Å². The fraction of sp³-hybridized carbons (Fsp3) is 0.917. The third-order valence-electron chi connectivity index (χ3n) is 3.64. The summed E-state index contributed by atoms with van der Waals surface area (Å²) in [6.07, 6.45) is 6.86. The first-order valence-corrected chi connectivity index (χ1v) is 6.40. The topological polar surface area (TPSA) is 84.6 Å².